The Labute approximate surface area is 647 Å². The van der Waals surface area contributed by atoms with Crippen LogP contribution in [0, 0.1) is 0 Å². The summed E-state index contributed by atoms with van der Waals surface area (Å²) < 4.78 is 23.7. The van der Waals surface area contributed by atoms with Crippen molar-refractivity contribution in [3.05, 3.63) is 0 Å². The second-order valence-electron chi connectivity index (χ2n) is 32.6. The average molecular weight is 1470 g/mol. The van der Waals surface area contributed by atoms with E-state index in [1.165, 1.54) is 270 Å². The van der Waals surface area contributed by atoms with Gasteiger partial charge in [0.1, 0.15) is 12.2 Å². The van der Waals surface area contributed by atoms with Crippen molar-refractivity contribution in [3.63, 3.8) is 0 Å². The van der Waals surface area contributed by atoms with Gasteiger partial charge in [-0.15, -0.1) is 0 Å². The summed E-state index contributed by atoms with van der Waals surface area (Å²) in [7, 11) is 0. The van der Waals surface area contributed by atoms with E-state index in [1.807, 2.05) is 0 Å². The Morgan fingerprint density at radius 1 is 0.240 bits per heavy atom. The molecular weight excluding hydrogens is 1290 g/mol. The highest BCUT2D eigenvalue weighted by Crippen LogP contribution is 2.22. The first kappa shape index (κ1) is 99.7. The summed E-state index contributed by atoms with van der Waals surface area (Å²) in [5, 5.41) is 0. The fourth-order valence-corrected chi connectivity index (χ4v) is 15.3. The molecule has 0 aromatic carbocycles. The molecule has 0 aromatic rings. The topological polar surface area (TPSA) is 118 Å². The molecule has 12 nitrogen and oxygen atoms in total. The summed E-state index contributed by atoms with van der Waals surface area (Å²) in [5.74, 6) is 0.00577. The lowest BCUT2D eigenvalue weighted by molar-refractivity contribution is -0.151. The second kappa shape index (κ2) is 80.2. The largest absolute Gasteiger partial charge is 0.466 e. The predicted octanol–water partition coefficient (Wildman–Crippen LogP) is 26.0. The number of nitrogens with zero attached hydrogens (tertiary/aromatic N) is 4. The smallest absolute Gasteiger partial charge is 0.306 e. The number of carbonyl (C=O) groups is 4. The summed E-state index contributed by atoms with van der Waals surface area (Å²) in [5.41, 5.74) is 0. The van der Waals surface area contributed by atoms with Gasteiger partial charge in [0.05, 0.1) is 13.2 Å². The highest BCUT2D eigenvalue weighted by Gasteiger charge is 2.21. The molecule has 12 heteroatoms. The van der Waals surface area contributed by atoms with Crippen molar-refractivity contribution in [1.29, 1.82) is 0 Å². The first-order valence-corrected chi connectivity index (χ1v) is 46.8. The van der Waals surface area contributed by atoms with Crippen molar-refractivity contribution in [2.45, 2.75) is 478 Å². The van der Waals surface area contributed by atoms with Crippen molar-refractivity contribution in [2.75, 3.05) is 91.8 Å². The lowest BCUT2D eigenvalue weighted by atomic mass is 10.0. The molecule has 0 amide bonds. The zero-order valence-corrected chi connectivity index (χ0v) is 70.8. The Hall–Kier alpha value is -2.28. The van der Waals surface area contributed by atoms with Gasteiger partial charge in [0, 0.05) is 78.0 Å². The van der Waals surface area contributed by atoms with Crippen LogP contribution in [0.15, 0.2) is 0 Å². The van der Waals surface area contributed by atoms with Crippen LogP contribution in [0.3, 0.4) is 0 Å². The molecule has 0 aromatic heterocycles. The third-order valence-corrected chi connectivity index (χ3v) is 22.5. The minimum Gasteiger partial charge on any atom is -0.466 e. The molecule has 0 aliphatic carbocycles. The molecule has 0 N–H and O–H groups in total. The number of carbonyl (C=O) groups excluding carboxylic acids is 4. The lowest BCUT2D eigenvalue weighted by Gasteiger charge is -2.37. The Morgan fingerprint density at radius 2 is 0.442 bits per heavy atom. The molecule has 1 aliphatic heterocycles. The van der Waals surface area contributed by atoms with Gasteiger partial charge >= 0.3 is 23.9 Å². The van der Waals surface area contributed by atoms with E-state index < -0.39 is 0 Å². The maximum absolute atomic E-state index is 13.2. The normalized spacial score (nSPS) is 13.0. The Morgan fingerprint density at radius 3 is 0.702 bits per heavy atom. The Bertz CT molecular complexity index is 1640. The van der Waals surface area contributed by atoms with Crippen LogP contribution in [0.5, 0.6) is 0 Å². The molecule has 0 radical (unpaired) electrons. The summed E-state index contributed by atoms with van der Waals surface area (Å²) in [4.78, 5) is 62.5. The number of ether oxygens (including phenoxy) is 4. The van der Waals surface area contributed by atoms with E-state index in [4.69, 9.17) is 18.9 Å². The van der Waals surface area contributed by atoms with E-state index in [2.05, 4.69) is 61.1 Å². The number of rotatable bonds is 84. The quantitative estimate of drug-likeness (QED) is 0.0328. The molecule has 1 rings (SSSR count). The van der Waals surface area contributed by atoms with Crippen molar-refractivity contribution in [3.8, 4) is 0 Å². The maximum Gasteiger partial charge on any atom is 0.306 e. The van der Waals surface area contributed by atoms with Gasteiger partial charge in [0.25, 0.3) is 0 Å². The van der Waals surface area contributed by atoms with E-state index in [1.54, 1.807) is 0 Å². The van der Waals surface area contributed by atoms with Gasteiger partial charge in [-0.3, -0.25) is 29.0 Å². The fraction of sp³-hybridized carbons (Fsp3) is 0.957. The van der Waals surface area contributed by atoms with Gasteiger partial charge in [-0.05, 0) is 142 Å². The molecule has 0 unspecified atom stereocenters. The van der Waals surface area contributed by atoms with Crippen molar-refractivity contribution < 1.29 is 38.1 Å². The lowest BCUT2D eigenvalue weighted by Crippen LogP contribution is -2.50. The van der Waals surface area contributed by atoms with Crippen LogP contribution in [0.25, 0.3) is 0 Å². The zero-order valence-electron chi connectivity index (χ0n) is 70.8. The average Bonchev–Trinajstić information content (AvgIpc) is 0.915. The fourth-order valence-electron chi connectivity index (χ4n) is 15.3. The predicted molar refractivity (Wildman–Crippen MR) is 446 cm³/mol. The van der Waals surface area contributed by atoms with Gasteiger partial charge in [0.15, 0.2) is 0 Å². The summed E-state index contributed by atoms with van der Waals surface area (Å²) in [6.45, 7) is 27.9. The van der Waals surface area contributed by atoms with Crippen molar-refractivity contribution in [2.24, 2.45) is 0 Å². The highest BCUT2D eigenvalue weighted by atomic mass is 16.6. The maximum atomic E-state index is 13.2. The summed E-state index contributed by atoms with van der Waals surface area (Å²) >= 11 is 0. The van der Waals surface area contributed by atoms with Crippen LogP contribution in [0.4, 0.5) is 0 Å². The van der Waals surface area contributed by atoms with Gasteiger partial charge in [-0.1, -0.05) is 324 Å². The van der Waals surface area contributed by atoms with E-state index in [9.17, 15) is 19.2 Å². The molecule has 1 aliphatic rings. The van der Waals surface area contributed by atoms with E-state index in [-0.39, 0.29) is 36.1 Å². The van der Waals surface area contributed by atoms with Gasteiger partial charge in [-0.2, -0.15) is 0 Å². The minimum absolute atomic E-state index is 0.0217. The first-order valence-electron chi connectivity index (χ1n) is 46.8. The van der Waals surface area contributed by atoms with E-state index >= 15 is 0 Å². The number of unbranched alkanes of at least 4 members (excludes halogenated alkanes) is 48. The number of piperazine rings is 1. The molecule has 0 spiro atoms. The third kappa shape index (κ3) is 70.1. The number of hydrogen-bond acceptors (Lipinski definition) is 12. The third-order valence-electron chi connectivity index (χ3n) is 22.5. The van der Waals surface area contributed by atoms with Crippen LogP contribution < -0.4 is 0 Å². The van der Waals surface area contributed by atoms with Crippen molar-refractivity contribution in [1.82, 2.24) is 19.6 Å². The summed E-state index contributed by atoms with van der Waals surface area (Å²) in [6, 6.07) is 0. The SMILES string of the molecule is CCCCCCCCCCCOC(=O)CCCCCN(CCCCCCCC(=O)OC(CCCCCCCC)CCCCCCCC)CCN1CCN(CCN(CCCCCCCC(=O)OC(CCCCCCCC)CCCCCCCC)CCCCCC(=O)OCCCCCCCCCCC)CC1. The first-order chi connectivity index (χ1) is 51.2. The van der Waals surface area contributed by atoms with Crippen LogP contribution in [0.2, 0.25) is 0 Å². The van der Waals surface area contributed by atoms with Crippen LogP contribution in [-0.4, -0.2) is 147 Å². The molecule has 0 bridgehead atoms. The monoisotopic (exact) mass is 1470 g/mol. The molecular formula is C92H180N4O8. The Kier molecular flexibility index (Phi) is 77.0. The molecule has 616 valence electrons. The molecule has 104 heavy (non-hydrogen) atoms. The molecule has 1 fully saturated rings. The van der Waals surface area contributed by atoms with E-state index in [0.717, 1.165) is 207 Å². The van der Waals surface area contributed by atoms with Crippen molar-refractivity contribution >= 4 is 23.9 Å². The van der Waals surface area contributed by atoms with Gasteiger partial charge in [0.2, 0.25) is 0 Å². The highest BCUT2D eigenvalue weighted by molar-refractivity contribution is 5.70. The van der Waals surface area contributed by atoms with Crippen LogP contribution >= 0.6 is 0 Å². The summed E-state index contributed by atoms with van der Waals surface area (Å²) in [6.07, 6.45) is 77.1. The molecule has 0 saturated carbocycles. The molecule has 1 heterocycles. The molecule has 1 saturated heterocycles. The van der Waals surface area contributed by atoms with Crippen LogP contribution in [0.1, 0.15) is 465 Å². The molecule has 0 atom stereocenters. The number of hydrogen-bond donors (Lipinski definition) is 0. The zero-order chi connectivity index (χ0) is 75.2. The van der Waals surface area contributed by atoms with Crippen LogP contribution in [-0.2, 0) is 38.1 Å². The number of esters is 4. The minimum atomic E-state index is -0.0217. The second-order valence-corrected chi connectivity index (χ2v) is 32.6. The van der Waals surface area contributed by atoms with Gasteiger partial charge < -0.3 is 28.7 Å². The van der Waals surface area contributed by atoms with E-state index in [0.29, 0.717) is 38.9 Å². The Balaban J connectivity index is 2.81. The standard InChI is InChI=1S/C92H180N4O8/c1-7-13-19-25-31-33-35-47-63-85-101-89(97)69-57-49-61-75-93(73-59-45-37-43-55-71-91(99)103-87(65-51-39-27-21-15-9-3)66-52-40-28-22-16-10-4)77-79-95-81-83-96(84-82-95)80-78-94(76-62-50-58-70-90(98)102-86-64-48-36-34-32-26-20-14-8-2)74-60-46-38-44-56-72-92(100)104-88(67-53-41-29-23-17-11-5)68-54-42-30-24-18-12-6/h87-88H,7-86H2,1-6H3. The van der Waals surface area contributed by atoms with Gasteiger partial charge in [-0.25, -0.2) is 0 Å².